The van der Waals surface area contributed by atoms with Crippen molar-refractivity contribution in [2.45, 2.75) is 6.92 Å². The fraction of sp³-hybridized carbons (Fsp3) is 0.250. The molecule has 0 saturated heterocycles. The van der Waals surface area contributed by atoms with Crippen LogP contribution in [0.3, 0.4) is 0 Å². The van der Waals surface area contributed by atoms with E-state index in [1.807, 2.05) is 12.1 Å². The average Bonchev–Trinajstić information content (AvgIpc) is 3.26. The lowest BCUT2D eigenvalue weighted by Gasteiger charge is -2.14. The number of anilines is 1. The van der Waals surface area contributed by atoms with Gasteiger partial charge in [-0.1, -0.05) is 12.1 Å². The molecule has 1 heterocycles. The molecule has 0 radical (unpaired) electrons. The van der Waals surface area contributed by atoms with Crippen LogP contribution in [0, 0.1) is 0 Å². The van der Waals surface area contributed by atoms with Crippen LogP contribution in [-0.2, 0) is 4.74 Å². The van der Waals surface area contributed by atoms with E-state index in [-0.39, 0.29) is 17.7 Å². The summed E-state index contributed by atoms with van der Waals surface area (Å²) in [5, 5.41) is 5.00. The normalized spacial score (nSPS) is 10.3. The molecule has 0 bridgehead atoms. The van der Waals surface area contributed by atoms with E-state index in [9.17, 15) is 9.59 Å². The highest BCUT2D eigenvalue weighted by molar-refractivity contribution is 7.15. The molecule has 174 valence electrons. The van der Waals surface area contributed by atoms with Gasteiger partial charge in [0.25, 0.3) is 5.91 Å². The smallest absolute Gasteiger partial charge is 0.341 e. The molecule has 3 aromatic rings. The fourth-order valence-electron chi connectivity index (χ4n) is 3.23. The van der Waals surface area contributed by atoms with Gasteiger partial charge in [0.1, 0.15) is 16.3 Å². The highest BCUT2D eigenvalue weighted by atomic mass is 32.1. The van der Waals surface area contributed by atoms with Crippen molar-refractivity contribution in [3.05, 3.63) is 52.9 Å². The Morgan fingerprint density at radius 3 is 2.06 bits per heavy atom. The third-order valence-electron chi connectivity index (χ3n) is 4.83. The van der Waals surface area contributed by atoms with E-state index in [4.69, 9.17) is 23.7 Å². The Balaban J connectivity index is 2.00. The van der Waals surface area contributed by atoms with Crippen LogP contribution in [0.4, 0.5) is 5.00 Å². The minimum Gasteiger partial charge on any atom is -0.497 e. The zero-order valence-electron chi connectivity index (χ0n) is 19.0. The molecule has 1 N–H and O–H groups in total. The standard InChI is InChI=1S/C24H25NO7S/c1-6-32-24(27)20-17(14-7-9-16(28-2)10-8-14)13-33-23(20)25-22(26)15-11-18(29-3)21(31-5)19(12-15)30-4/h7-13H,6H2,1-5H3,(H,25,26). The number of esters is 1. The Morgan fingerprint density at radius 2 is 1.55 bits per heavy atom. The lowest BCUT2D eigenvalue weighted by atomic mass is 10.0. The molecule has 0 unspecified atom stereocenters. The molecule has 8 nitrogen and oxygen atoms in total. The second-order valence-corrected chi connectivity index (χ2v) is 7.55. The maximum atomic E-state index is 13.1. The quantitative estimate of drug-likeness (QED) is 0.445. The Labute approximate surface area is 196 Å². The van der Waals surface area contributed by atoms with Crippen LogP contribution in [0.25, 0.3) is 11.1 Å². The van der Waals surface area contributed by atoms with E-state index in [2.05, 4.69) is 5.32 Å². The van der Waals surface area contributed by atoms with Gasteiger partial charge in [0.15, 0.2) is 11.5 Å². The van der Waals surface area contributed by atoms with E-state index >= 15 is 0 Å². The molecule has 0 atom stereocenters. The molecule has 0 aliphatic heterocycles. The molecule has 1 aromatic heterocycles. The van der Waals surface area contributed by atoms with Gasteiger partial charge in [-0.2, -0.15) is 0 Å². The average molecular weight is 472 g/mol. The molecule has 2 aromatic carbocycles. The van der Waals surface area contributed by atoms with E-state index in [0.29, 0.717) is 33.6 Å². The van der Waals surface area contributed by atoms with Crippen molar-refractivity contribution in [1.82, 2.24) is 0 Å². The first kappa shape index (κ1) is 23.9. The Hall–Kier alpha value is -3.72. The minimum absolute atomic E-state index is 0.205. The van der Waals surface area contributed by atoms with Gasteiger partial charge in [-0.15, -0.1) is 11.3 Å². The molecular weight excluding hydrogens is 446 g/mol. The van der Waals surface area contributed by atoms with E-state index in [0.717, 1.165) is 5.56 Å². The number of carbonyl (C=O) groups excluding carboxylic acids is 2. The van der Waals surface area contributed by atoms with Crippen molar-refractivity contribution in [2.24, 2.45) is 0 Å². The SMILES string of the molecule is CCOC(=O)c1c(-c2ccc(OC)cc2)csc1NC(=O)c1cc(OC)c(OC)c(OC)c1. The van der Waals surface area contributed by atoms with E-state index in [1.165, 1.54) is 32.7 Å². The summed E-state index contributed by atoms with van der Waals surface area (Å²) in [4.78, 5) is 25.9. The van der Waals surface area contributed by atoms with Crippen LogP contribution in [0.1, 0.15) is 27.6 Å². The summed E-state index contributed by atoms with van der Waals surface area (Å²) >= 11 is 1.23. The number of hydrogen-bond acceptors (Lipinski definition) is 8. The van der Waals surface area contributed by atoms with Gasteiger partial charge < -0.3 is 29.0 Å². The van der Waals surface area contributed by atoms with Crippen molar-refractivity contribution >= 4 is 28.2 Å². The summed E-state index contributed by atoms with van der Waals surface area (Å²) in [5.41, 5.74) is 2.01. The summed E-state index contributed by atoms with van der Waals surface area (Å²) in [6.07, 6.45) is 0. The van der Waals surface area contributed by atoms with Crippen LogP contribution in [0.2, 0.25) is 0 Å². The third-order valence-corrected chi connectivity index (χ3v) is 5.72. The number of ether oxygens (including phenoxy) is 5. The van der Waals surface area contributed by atoms with Gasteiger partial charge in [0, 0.05) is 16.5 Å². The van der Waals surface area contributed by atoms with Crippen molar-refractivity contribution < 1.29 is 33.3 Å². The van der Waals surface area contributed by atoms with Gasteiger partial charge in [0.2, 0.25) is 5.75 Å². The largest absolute Gasteiger partial charge is 0.497 e. The minimum atomic E-state index is -0.523. The molecule has 33 heavy (non-hydrogen) atoms. The number of carbonyl (C=O) groups is 2. The van der Waals surface area contributed by atoms with Crippen LogP contribution >= 0.6 is 11.3 Å². The second kappa shape index (κ2) is 10.7. The zero-order chi connectivity index (χ0) is 24.0. The van der Waals surface area contributed by atoms with Crippen molar-refractivity contribution in [2.75, 3.05) is 40.4 Å². The molecule has 0 spiro atoms. The number of methoxy groups -OCH3 is 4. The molecule has 3 rings (SSSR count). The monoisotopic (exact) mass is 471 g/mol. The van der Waals surface area contributed by atoms with E-state index < -0.39 is 11.9 Å². The molecular formula is C24H25NO7S. The van der Waals surface area contributed by atoms with E-state index in [1.54, 1.807) is 43.7 Å². The number of amides is 1. The van der Waals surface area contributed by atoms with Gasteiger partial charge in [-0.25, -0.2) is 4.79 Å². The predicted molar refractivity (Wildman–Crippen MR) is 126 cm³/mol. The van der Waals surface area contributed by atoms with Crippen molar-refractivity contribution in [3.8, 4) is 34.1 Å². The Bertz CT molecular complexity index is 1110. The topological polar surface area (TPSA) is 92.3 Å². The highest BCUT2D eigenvalue weighted by Gasteiger charge is 2.24. The Kier molecular flexibility index (Phi) is 7.78. The molecule has 0 aliphatic carbocycles. The van der Waals surface area contributed by atoms with Crippen molar-refractivity contribution in [1.29, 1.82) is 0 Å². The highest BCUT2D eigenvalue weighted by Crippen LogP contribution is 2.40. The van der Waals surface area contributed by atoms with Crippen LogP contribution < -0.4 is 24.3 Å². The van der Waals surface area contributed by atoms with Gasteiger partial charge in [-0.3, -0.25) is 4.79 Å². The number of hydrogen-bond donors (Lipinski definition) is 1. The van der Waals surface area contributed by atoms with Crippen LogP contribution in [0.15, 0.2) is 41.8 Å². The Morgan fingerprint density at radius 1 is 0.909 bits per heavy atom. The summed E-state index contributed by atoms with van der Waals surface area (Å²) in [7, 11) is 6.01. The second-order valence-electron chi connectivity index (χ2n) is 6.67. The number of rotatable bonds is 9. The molecule has 1 amide bonds. The maximum absolute atomic E-state index is 13.1. The summed E-state index contributed by atoms with van der Waals surface area (Å²) < 4.78 is 26.4. The van der Waals surface area contributed by atoms with Gasteiger partial charge in [0.05, 0.1) is 35.0 Å². The van der Waals surface area contributed by atoms with Crippen LogP contribution in [-0.4, -0.2) is 46.9 Å². The molecule has 0 saturated carbocycles. The number of nitrogens with one attached hydrogen (secondary N) is 1. The lowest BCUT2D eigenvalue weighted by molar-refractivity contribution is 0.0529. The molecule has 9 heteroatoms. The van der Waals surface area contributed by atoms with Gasteiger partial charge >= 0.3 is 5.97 Å². The molecule has 0 fully saturated rings. The zero-order valence-corrected chi connectivity index (χ0v) is 19.8. The maximum Gasteiger partial charge on any atom is 0.341 e. The first-order chi connectivity index (χ1) is 16.0. The fourth-order valence-corrected chi connectivity index (χ4v) is 4.18. The number of thiophene rings is 1. The predicted octanol–water partition coefficient (Wildman–Crippen LogP) is 4.88. The van der Waals surface area contributed by atoms with Crippen LogP contribution in [0.5, 0.6) is 23.0 Å². The van der Waals surface area contributed by atoms with Gasteiger partial charge in [-0.05, 0) is 36.8 Å². The first-order valence-electron chi connectivity index (χ1n) is 10.0. The van der Waals surface area contributed by atoms with Crippen molar-refractivity contribution in [3.63, 3.8) is 0 Å². The lowest BCUT2D eigenvalue weighted by Crippen LogP contribution is -2.15. The summed E-state index contributed by atoms with van der Waals surface area (Å²) in [6.45, 7) is 1.93. The third kappa shape index (κ3) is 5.04. The summed E-state index contributed by atoms with van der Waals surface area (Å²) in [6, 6.07) is 10.4. The number of benzene rings is 2. The molecule has 0 aliphatic rings. The first-order valence-corrected chi connectivity index (χ1v) is 10.9. The summed E-state index contributed by atoms with van der Waals surface area (Å²) in [5.74, 6) is 0.799.